The number of nitrogens with one attached hydrogen (secondary N) is 1. The molecule has 9 unspecified atom stereocenters. The lowest BCUT2D eigenvalue weighted by atomic mass is 9.98. The number of rotatable bonds is 70. The molecule has 0 saturated carbocycles. The Labute approximate surface area is 550 Å². The molecule has 1 aliphatic rings. The average Bonchev–Trinajstić information content (AvgIpc) is 1.72. The van der Waals surface area contributed by atoms with Crippen molar-refractivity contribution in [1.82, 2.24) is 5.32 Å². The number of amides is 1. The van der Waals surface area contributed by atoms with Gasteiger partial charge in [0.1, 0.15) is 36.6 Å². The molecule has 0 aromatic carbocycles. The van der Waals surface area contributed by atoms with Crippen LogP contribution in [0.1, 0.15) is 399 Å². The second-order valence-electron chi connectivity index (χ2n) is 27.8. The van der Waals surface area contributed by atoms with Crippen molar-refractivity contribution in [2.24, 2.45) is 0 Å². The smallest absolute Gasteiger partial charge is 0.249 e. The van der Waals surface area contributed by atoms with Crippen LogP contribution in [0.2, 0.25) is 0 Å². The van der Waals surface area contributed by atoms with Crippen LogP contribution in [0.5, 0.6) is 0 Å². The van der Waals surface area contributed by atoms with E-state index in [-0.39, 0.29) is 6.42 Å². The summed E-state index contributed by atoms with van der Waals surface area (Å²) in [6, 6.07) is -1.17. The Morgan fingerprint density at radius 1 is 0.393 bits per heavy atom. The highest BCUT2D eigenvalue weighted by atomic mass is 16.7. The molecule has 11 nitrogen and oxygen atoms in total. The molecule has 1 saturated heterocycles. The maximum absolute atomic E-state index is 13.3. The summed E-state index contributed by atoms with van der Waals surface area (Å²) in [4.78, 5) is 13.3. The van der Waals surface area contributed by atoms with Crippen molar-refractivity contribution in [3.05, 3.63) is 24.3 Å². The Kier molecular flexibility index (Phi) is 64.1. The van der Waals surface area contributed by atoms with Crippen LogP contribution >= 0.6 is 0 Å². The summed E-state index contributed by atoms with van der Waals surface area (Å²) in [6.07, 6.45) is 74.2. The van der Waals surface area contributed by atoms with Gasteiger partial charge in [-0.1, -0.05) is 378 Å². The van der Waals surface area contributed by atoms with Gasteiger partial charge in [-0.3, -0.25) is 4.79 Å². The lowest BCUT2D eigenvalue weighted by Crippen LogP contribution is -2.60. The topological polar surface area (TPSA) is 189 Å². The van der Waals surface area contributed by atoms with Crippen LogP contribution in [-0.4, -0.2) is 110 Å². The standard InChI is InChI=1S/C78H151NO10/c1-3-5-7-9-11-13-15-17-19-21-23-25-27-29-31-33-34-35-36-37-38-40-42-44-46-48-50-52-54-56-58-60-62-64-66-71(82)77(87)79-69(68-88-78-76(86)75(85)74(84)72(67-80)89-78)73(83)70(81)65-63-61-59-57-55-53-51-49-47-45-43-41-39-32-30-28-26-24-22-20-18-16-14-12-10-8-6-4-2/h27,29,33-34,69-76,78,80-86H,3-26,28,30-32,35-68H2,1-2H3,(H,79,87)/b29-27-,34-33-. The fourth-order valence-electron chi connectivity index (χ4n) is 13.0. The van der Waals surface area contributed by atoms with E-state index in [4.69, 9.17) is 9.47 Å². The Morgan fingerprint density at radius 3 is 1.00 bits per heavy atom. The minimum absolute atomic E-state index is 0.263. The molecule has 89 heavy (non-hydrogen) atoms. The van der Waals surface area contributed by atoms with Gasteiger partial charge in [0.05, 0.1) is 25.4 Å². The molecule has 0 spiro atoms. The zero-order valence-corrected chi connectivity index (χ0v) is 58.7. The van der Waals surface area contributed by atoms with Crippen molar-refractivity contribution >= 4 is 5.91 Å². The number of ether oxygens (including phenoxy) is 2. The molecule has 1 fully saturated rings. The van der Waals surface area contributed by atoms with Crippen molar-refractivity contribution in [2.75, 3.05) is 13.2 Å². The van der Waals surface area contributed by atoms with E-state index in [1.54, 1.807) is 0 Å². The highest BCUT2D eigenvalue weighted by Gasteiger charge is 2.44. The second kappa shape index (κ2) is 66.6. The fraction of sp³-hybridized carbons (Fsp3) is 0.936. The molecular formula is C78H151NO10. The number of hydrogen-bond acceptors (Lipinski definition) is 10. The van der Waals surface area contributed by atoms with Crippen LogP contribution in [0, 0.1) is 0 Å². The highest BCUT2D eigenvalue weighted by molar-refractivity contribution is 5.80. The second-order valence-corrected chi connectivity index (χ2v) is 27.8. The van der Waals surface area contributed by atoms with E-state index < -0.39 is 74.2 Å². The van der Waals surface area contributed by atoms with Crippen molar-refractivity contribution < 1.29 is 50.0 Å². The van der Waals surface area contributed by atoms with Crippen LogP contribution in [0.15, 0.2) is 24.3 Å². The minimum atomic E-state index is -1.66. The van der Waals surface area contributed by atoms with E-state index in [2.05, 4.69) is 43.5 Å². The summed E-state index contributed by atoms with van der Waals surface area (Å²) < 4.78 is 11.2. The zero-order chi connectivity index (χ0) is 64.6. The molecule has 11 heteroatoms. The lowest BCUT2D eigenvalue weighted by molar-refractivity contribution is -0.303. The third-order valence-electron chi connectivity index (χ3n) is 19.3. The molecular weight excluding hydrogens is 1110 g/mol. The first-order valence-electron chi connectivity index (χ1n) is 39.2. The molecule has 8 N–H and O–H groups in total. The monoisotopic (exact) mass is 1260 g/mol. The van der Waals surface area contributed by atoms with Gasteiger partial charge < -0.3 is 50.5 Å². The Morgan fingerprint density at radius 2 is 0.685 bits per heavy atom. The van der Waals surface area contributed by atoms with Gasteiger partial charge in [0, 0.05) is 0 Å². The molecule has 0 bridgehead atoms. The van der Waals surface area contributed by atoms with Crippen molar-refractivity contribution in [1.29, 1.82) is 0 Å². The van der Waals surface area contributed by atoms with Gasteiger partial charge in [-0.15, -0.1) is 0 Å². The molecule has 1 amide bonds. The maximum atomic E-state index is 13.3. The Hall–Kier alpha value is -1.41. The zero-order valence-electron chi connectivity index (χ0n) is 58.7. The Balaban J connectivity index is 2.14. The molecule has 1 aliphatic heterocycles. The highest BCUT2D eigenvalue weighted by Crippen LogP contribution is 2.24. The molecule has 528 valence electrons. The summed E-state index contributed by atoms with van der Waals surface area (Å²) in [7, 11) is 0. The van der Waals surface area contributed by atoms with Gasteiger partial charge in [0.25, 0.3) is 0 Å². The molecule has 0 aromatic rings. The summed E-state index contributed by atoms with van der Waals surface area (Å²) >= 11 is 0. The molecule has 0 aliphatic carbocycles. The van der Waals surface area contributed by atoms with Crippen molar-refractivity contribution in [3.8, 4) is 0 Å². The number of carbonyl (C=O) groups excluding carboxylic acids is 1. The molecule has 1 heterocycles. The van der Waals surface area contributed by atoms with E-state index in [9.17, 15) is 40.5 Å². The minimum Gasteiger partial charge on any atom is -0.394 e. The van der Waals surface area contributed by atoms with Gasteiger partial charge in [-0.25, -0.2) is 0 Å². The summed E-state index contributed by atoms with van der Waals surface area (Å²) in [5.74, 6) is -0.689. The number of carbonyl (C=O) groups is 1. The number of hydrogen-bond donors (Lipinski definition) is 8. The van der Waals surface area contributed by atoms with E-state index in [1.165, 1.54) is 315 Å². The molecule has 0 aromatic heterocycles. The van der Waals surface area contributed by atoms with Gasteiger partial charge in [-0.2, -0.15) is 0 Å². The first-order valence-corrected chi connectivity index (χ1v) is 39.2. The Bertz CT molecular complexity index is 1500. The van der Waals surface area contributed by atoms with E-state index >= 15 is 0 Å². The quantitative estimate of drug-likeness (QED) is 0.0215. The van der Waals surface area contributed by atoms with E-state index in [0.29, 0.717) is 19.3 Å². The van der Waals surface area contributed by atoms with Gasteiger partial charge >= 0.3 is 0 Å². The molecule has 9 atom stereocenters. The number of aliphatic hydroxyl groups excluding tert-OH is 7. The van der Waals surface area contributed by atoms with Gasteiger partial charge in [0.15, 0.2) is 6.29 Å². The normalized spacial score (nSPS) is 18.6. The van der Waals surface area contributed by atoms with Crippen molar-refractivity contribution in [3.63, 3.8) is 0 Å². The van der Waals surface area contributed by atoms with Crippen molar-refractivity contribution in [2.45, 2.75) is 454 Å². The third-order valence-corrected chi connectivity index (χ3v) is 19.3. The number of aliphatic hydroxyl groups is 7. The lowest BCUT2D eigenvalue weighted by Gasteiger charge is -2.40. The van der Waals surface area contributed by atoms with Crippen LogP contribution in [0.3, 0.4) is 0 Å². The number of allylic oxidation sites excluding steroid dienone is 4. The van der Waals surface area contributed by atoms with Crippen LogP contribution in [-0.2, 0) is 14.3 Å². The largest absolute Gasteiger partial charge is 0.394 e. The molecule has 0 radical (unpaired) electrons. The van der Waals surface area contributed by atoms with Gasteiger partial charge in [0.2, 0.25) is 5.91 Å². The predicted octanol–water partition coefficient (Wildman–Crippen LogP) is 19.9. The fourth-order valence-corrected chi connectivity index (χ4v) is 13.0. The first-order chi connectivity index (χ1) is 43.7. The maximum Gasteiger partial charge on any atom is 0.249 e. The predicted molar refractivity (Wildman–Crippen MR) is 376 cm³/mol. The van der Waals surface area contributed by atoms with Crippen LogP contribution < -0.4 is 5.32 Å². The summed E-state index contributed by atoms with van der Waals surface area (Å²) in [6.45, 7) is 3.53. The first kappa shape index (κ1) is 85.6. The summed E-state index contributed by atoms with van der Waals surface area (Å²) in [5.41, 5.74) is 0. The van der Waals surface area contributed by atoms with E-state index in [0.717, 1.165) is 44.9 Å². The number of unbranched alkanes of at least 4 members (excludes halogenated alkanes) is 54. The van der Waals surface area contributed by atoms with Crippen LogP contribution in [0.25, 0.3) is 0 Å². The van der Waals surface area contributed by atoms with Crippen LogP contribution in [0.4, 0.5) is 0 Å². The SMILES string of the molecule is CCCCCCCCCCCCC/C=C\C/C=C\CCCCCCCCCCCCCCCCCCC(O)C(=O)NC(COC1OC(CO)C(O)C(O)C1O)C(O)C(O)CCCCCCCCCCCCCCCCCCCCCCCCCCCCCC. The van der Waals surface area contributed by atoms with Gasteiger partial charge in [-0.05, 0) is 44.9 Å². The molecule has 1 rings (SSSR count). The average molecular weight is 1260 g/mol. The van der Waals surface area contributed by atoms with E-state index in [1.807, 2.05) is 0 Å². The summed E-state index contributed by atoms with van der Waals surface area (Å²) in [5, 5.41) is 76.7. The third kappa shape index (κ3) is 53.5.